The maximum Gasteiger partial charge on any atom is 0.183 e. The third kappa shape index (κ3) is 3.02. The summed E-state index contributed by atoms with van der Waals surface area (Å²) >= 11 is 0. The quantitative estimate of drug-likeness (QED) is 0.350. The Balaban J connectivity index is 1.45. The summed E-state index contributed by atoms with van der Waals surface area (Å²) in [5, 5.41) is 3.51. The fourth-order valence-corrected chi connectivity index (χ4v) is 5.24. The minimum Gasteiger partial charge on any atom is -0.358 e. The summed E-state index contributed by atoms with van der Waals surface area (Å²) in [6.45, 7) is 8.61. The van der Waals surface area contributed by atoms with E-state index in [9.17, 15) is 0 Å². The number of aliphatic imine (C=N–C) groups is 6. The number of fused-ring (bicyclic) bond motifs is 15. The second kappa shape index (κ2) is 7.69. The molecule has 2 N–H and O–H groups in total. The summed E-state index contributed by atoms with van der Waals surface area (Å²) in [6, 6.07) is 11.5. The summed E-state index contributed by atoms with van der Waals surface area (Å²) in [5.74, 6) is 4.40. The highest BCUT2D eigenvalue weighted by atomic mass is 15.2. The molecular formula is C29H23N11. The van der Waals surface area contributed by atoms with Crippen LogP contribution in [0.4, 0.5) is 11.6 Å². The lowest BCUT2D eigenvalue weighted by atomic mass is 9.69. The first-order valence-electron chi connectivity index (χ1n) is 13.0. The maximum atomic E-state index is 5.06. The molecule has 0 unspecified atom stereocenters. The number of amidine groups is 6. The average Bonchev–Trinajstić information content (AvgIpc) is 3.63. The smallest absolute Gasteiger partial charge is 0.183 e. The third-order valence-corrected chi connectivity index (χ3v) is 8.32. The van der Waals surface area contributed by atoms with Crippen molar-refractivity contribution in [1.82, 2.24) is 25.3 Å². The fourth-order valence-electron chi connectivity index (χ4n) is 5.24. The van der Waals surface area contributed by atoms with Crippen LogP contribution in [-0.2, 0) is 0 Å². The Morgan fingerprint density at radius 3 is 1.85 bits per heavy atom. The second-order valence-corrected chi connectivity index (χ2v) is 11.1. The molecule has 11 heteroatoms. The van der Waals surface area contributed by atoms with Crippen molar-refractivity contribution in [1.29, 1.82) is 0 Å². The van der Waals surface area contributed by atoms with Crippen molar-refractivity contribution in [2.24, 2.45) is 40.8 Å². The van der Waals surface area contributed by atoms with Gasteiger partial charge in [-0.05, 0) is 36.4 Å². The highest BCUT2D eigenvalue weighted by Gasteiger charge is 2.52. The first kappa shape index (κ1) is 22.8. The normalized spacial score (nSPS) is 19.5. The molecule has 6 aliphatic rings. The molecule has 0 saturated carbocycles. The van der Waals surface area contributed by atoms with Crippen LogP contribution in [0.1, 0.15) is 50.2 Å². The molecule has 1 fully saturated rings. The van der Waals surface area contributed by atoms with Gasteiger partial charge in [-0.2, -0.15) is 0 Å². The molecule has 2 aromatic heterocycles. The summed E-state index contributed by atoms with van der Waals surface area (Å²) in [5.41, 5.74) is 3.67. The number of rotatable bonds is 0. The van der Waals surface area contributed by atoms with Crippen molar-refractivity contribution >= 4 is 46.6 Å². The predicted octanol–water partition coefficient (Wildman–Crippen LogP) is 4.45. The Morgan fingerprint density at radius 2 is 1.15 bits per heavy atom. The lowest BCUT2D eigenvalue weighted by Gasteiger charge is -2.32. The minimum absolute atomic E-state index is 0.397. The number of aromatic nitrogens is 4. The molecule has 0 aliphatic carbocycles. The van der Waals surface area contributed by atoms with Gasteiger partial charge < -0.3 is 10.3 Å². The molecule has 8 bridgehead atoms. The molecule has 8 heterocycles. The van der Waals surface area contributed by atoms with Crippen LogP contribution in [0.2, 0.25) is 0 Å². The SMILES string of the molecule is CC1(C)C2=NC3=NC(=NC4=NC(=Nc5nc(c6ccc[nH]c5-6)N=C(N2)C1(C)C)c1ncccc14)c1cccnc13. The zero-order valence-electron chi connectivity index (χ0n) is 22.2. The second-order valence-electron chi connectivity index (χ2n) is 11.1. The van der Waals surface area contributed by atoms with Gasteiger partial charge in [0.05, 0.1) is 5.69 Å². The molecule has 0 atom stereocenters. The lowest BCUT2D eigenvalue weighted by molar-refractivity contribution is 0.301. The first-order chi connectivity index (χ1) is 19.3. The molecule has 0 radical (unpaired) electrons. The van der Waals surface area contributed by atoms with E-state index in [-0.39, 0.29) is 0 Å². The van der Waals surface area contributed by atoms with Gasteiger partial charge in [-0.15, -0.1) is 0 Å². The van der Waals surface area contributed by atoms with E-state index in [0.717, 1.165) is 34.1 Å². The highest BCUT2D eigenvalue weighted by Crippen LogP contribution is 2.47. The van der Waals surface area contributed by atoms with E-state index < -0.39 is 10.8 Å². The van der Waals surface area contributed by atoms with E-state index in [4.69, 9.17) is 34.9 Å². The van der Waals surface area contributed by atoms with E-state index in [1.54, 1.807) is 12.4 Å². The molecule has 2 aromatic rings. The molecule has 8 rings (SSSR count). The van der Waals surface area contributed by atoms with Crippen LogP contribution in [0, 0.1) is 10.8 Å². The monoisotopic (exact) mass is 525 g/mol. The van der Waals surface area contributed by atoms with Crippen molar-refractivity contribution < 1.29 is 0 Å². The summed E-state index contributed by atoms with van der Waals surface area (Å²) in [7, 11) is 0. The first-order valence-corrected chi connectivity index (χ1v) is 13.0. The van der Waals surface area contributed by atoms with Gasteiger partial charge in [0.2, 0.25) is 0 Å². The number of pyridine rings is 3. The Kier molecular flexibility index (Phi) is 4.37. The van der Waals surface area contributed by atoms with E-state index >= 15 is 0 Å². The molecule has 0 spiro atoms. The lowest BCUT2D eigenvalue weighted by Crippen LogP contribution is -2.35. The van der Waals surface area contributed by atoms with Crippen molar-refractivity contribution in [3.05, 3.63) is 77.5 Å². The number of hydrogen-bond donors (Lipinski definition) is 2. The average molecular weight is 526 g/mol. The zero-order chi connectivity index (χ0) is 27.2. The van der Waals surface area contributed by atoms with Gasteiger partial charge in [-0.1, -0.05) is 27.7 Å². The number of hydrogen-bond acceptors (Lipinski definition) is 10. The van der Waals surface area contributed by atoms with Gasteiger partial charge >= 0.3 is 0 Å². The molecule has 40 heavy (non-hydrogen) atoms. The molecule has 6 aliphatic heterocycles. The van der Waals surface area contributed by atoms with Gasteiger partial charge in [0.25, 0.3) is 0 Å². The molecule has 194 valence electrons. The van der Waals surface area contributed by atoms with E-state index in [2.05, 4.69) is 48.0 Å². The van der Waals surface area contributed by atoms with E-state index in [0.29, 0.717) is 46.4 Å². The van der Waals surface area contributed by atoms with Crippen LogP contribution in [0.25, 0.3) is 11.3 Å². The summed E-state index contributed by atoms with van der Waals surface area (Å²) in [4.78, 5) is 46.8. The van der Waals surface area contributed by atoms with Crippen LogP contribution >= 0.6 is 0 Å². The molecule has 0 amide bonds. The Morgan fingerprint density at radius 1 is 0.575 bits per heavy atom. The number of aromatic amines is 1. The number of H-pyrrole nitrogens is 1. The summed E-state index contributed by atoms with van der Waals surface area (Å²) in [6.07, 6.45) is 5.30. The topological polar surface area (TPSA) is 141 Å². The zero-order valence-corrected chi connectivity index (χ0v) is 22.2. The Labute approximate surface area is 229 Å². The molecule has 1 saturated heterocycles. The van der Waals surface area contributed by atoms with E-state index in [1.165, 1.54) is 0 Å². The van der Waals surface area contributed by atoms with Crippen molar-refractivity contribution in [3.63, 3.8) is 0 Å². The highest BCUT2D eigenvalue weighted by molar-refractivity contribution is 6.30. The van der Waals surface area contributed by atoms with Gasteiger partial charge in [-0.25, -0.2) is 34.9 Å². The van der Waals surface area contributed by atoms with Crippen LogP contribution < -0.4 is 5.32 Å². The van der Waals surface area contributed by atoms with Crippen molar-refractivity contribution in [3.8, 4) is 11.3 Å². The van der Waals surface area contributed by atoms with Crippen LogP contribution in [-0.4, -0.2) is 54.9 Å². The standard InChI is InChI=1S/C29H23N11/c1-28(2)26-38-22-16-10-7-12-31-18(16)24(36-22)37-23-17-14(8-5-11-30-17)20(34-23)33-21-15-9-6-13-32-19(15)25(35-21)39-27(40-26)29(28,3)4/h5-13,31H,1-4H3,(H,33,34,35,36,37,38,39,40). The minimum atomic E-state index is -0.400. The van der Waals surface area contributed by atoms with Gasteiger partial charge in [0.15, 0.2) is 35.0 Å². The molecular weight excluding hydrogens is 502 g/mol. The van der Waals surface area contributed by atoms with Crippen LogP contribution in [0.5, 0.6) is 0 Å². The van der Waals surface area contributed by atoms with Gasteiger partial charge in [0, 0.05) is 46.1 Å². The summed E-state index contributed by atoms with van der Waals surface area (Å²) < 4.78 is 0. The Hall–Kier alpha value is -5.19. The van der Waals surface area contributed by atoms with Crippen LogP contribution in [0.15, 0.2) is 84.9 Å². The molecule has 0 aromatic carbocycles. The van der Waals surface area contributed by atoms with Crippen LogP contribution in [0.3, 0.4) is 0 Å². The van der Waals surface area contributed by atoms with E-state index in [1.807, 2.05) is 42.6 Å². The van der Waals surface area contributed by atoms with Gasteiger partial charge in [0.1, 0.15) is 23.1 Å². The van der Waals surface area contributed by atoms with Gasteiger partial charge in [-0.3, -0.25) is 9.97 Å². The fraction of sp³-hybridized carbons (Fsp3) is 0.207. The van der Waals surface area contributed by atoms with Crippen molar-refractivity contribution in [2.45, 2.75) is 27.7 Å². The predicted molar refractivity (Wildman–Crippen MR) is 155 cm³/mol. The largest absolute Gasteiger partial charge is 0.358 e. The molecule has 11 nitrogen and oxygen atoms in total. The third-order valence-electron chi connectivity index (χ3n) is 8.32. The Bertz CT molecular complexity index is 1930. The maximum absolute atomic E-state index is 5.06. The number of nitrogens with one attached hydrogen (secondary N) is 2. The number of nitrogens with zero attached hydrogens (tertiary/aromatic N) is 9. The van der Waals surface area contributed by atoms with Crippen molar-refractivity contribution in [2.75, 3.05) is 0 Å².